The van der Waals surface area contributed by atoms with Crippen LogP contribution >= 0.6 is 0 Å². The number of rotatable bonds is 5. The lowest BCUT2D eigenvalue weighted by atomic mass is 10.2. The van der Waals surface area contributed by atoms with Crippen molar-refractivity contribution in [2.24, 2.45) is 0 Å². The van der Waals surface area contributed by atoms with Crippen molar-refractivity contribution in [2.75, 3.05) is 31.2 Å². The molecule has 2 bridgehead atoms. The van der Waals surface area contributed by atoms with E-state index in [1.165, 1.54) is 4.31 Å². The first kappa shape index (κ1) is 14.6. The quantitative estimate of drug-likeness (QED) is 0.815. The Kier molecular flexibility index (Phi) is 4.05. The summed E-state index contributed by atoms with van der Waals surface area (Å²) in [5.74, 6) is 0.482. The topological polar surface area (TPSA) is 81.9 Å². The molecular weight excluding hydrogens is 292 g/mol. The lowest BCUT2D eigenvalue weighted by Crippen LogP contribution is -2.47. The number of hydrogen-bond donors (Lipinski definition) is 1. The van der Waals surface area contributed by atoms with Gasteiger partial charge in [0.15, 0.2) is 0 Å². The van der Waals surface area contributed by atoms with E-state index in [0.717, 1.165) is 12.8 Å². The number of morpholine rings is 1. The van der Waals surface area contributed by atoms with Crippen molar-refractivity contribution >= 4 is 15.7 Å². The van der Waals surface area contributed by atoms with Gasteiger partial charge in [-0.1, -0.05) is 12.1 Å². The fourth-order valence-corrected chi connectivity index (χ4v) is 4.14. The Bertz CT molecular complexity index is 593. The highest BCUT2D eigenvalue weighted by atomic mass is 32.2. The van der Waals surface area contributed by atoms with E-state index in [0.29, 0.717) is 24.5 Å². The van der Waals surface area contributed by atoms with Gasteiger partial charge >= 0.3 is 0 Å². The number of nitrogen functional groups attached to an aromatic ring is 1. The maximum absolute atomic E-state index is 12.3. The van der Waals surface area contributed by atoms with Crippen LogP contribution in [-0.4, -0.2) is 50.4 Å². The molecule has 2 aliphatic rings. The SMILES string of the molecule is Nc1ccccc1OCCS(=O)(=O)N1CC2CCC(C1)O2. The van der Waals surface area contributed by atoms with Gasteiger partial charge in [0.25, 0.3) is 0 Å². The second kappa shape index (κ2) is 5.82. The molecule has 2 atom stereocenters. The van der Waals surface area contributed by atoms with Crippen molar-refractivity contribution in [1.82, 2.24) is 4.31 Å². The van der Waals surface area contributed by atoms with Crippen LogP contribution in [0.15, 0.2) is 24.3 Å². The molecule has 116 valence electrons. The molecule has 21 heavy (non-hydrogen) atoms. The van der Waals surface area contributed by atoms with Gasteiger partial charge in [0, 0.05) is 13.1 Å². The molecule has 2 heterocycles. The lowest BCUT2D eigenvalue weighted by molar-refractivity contribution is -0.0115. The van der Waals surface area contributed by atoms with E-state index in [1.54, 1.807) is 18.2 Å². The smallest absolute Gasteiger partial charge is 0.217 e. The summed E-state index contributed by atoms with van der Waals surface area (Å²) in [6.45, 7) is 1.03. The van der Waals surface area contributed by atoms with Crippen molar-refractivity contribution in [2.45, 2.75) is 25.0 Å². The summed E-state index contributed by atoms with van der Waals surface area (Å²) < 4.78 is 37.3. The van der Waals surface area contributed by atoms with Crippen LogP contribution in [0.1, 0.15) is 12.8 Å². The Labute approximate surface area is 124 Å². The summed E-state index contributed by atoms with van der Waals surface area (Å²) in [5, 5.41) is 0. The first-order valence-electron chi connectivity index (χ1n) is 7.15. The predicted octanol–water partition coefficient (Wildman–Crippen LogP) is 0.841. The van der Waals surface area contributed by atoms with Gasteiger partial charge in [0.05, 0.1) is 23.6 Å². The van der Waals surface area contributed by atoms with Gasteiger partial charge in [-0.25, -0.2) is 8.42 Å². The Morgan fingerprint density at radius 1 is 1.24 bits per heavy atom. The zero-order valence-electron chi connectivity index (χ0n) is 11.8. The second-order valence-electron chi connectivity index (χ2n) is 5.48. The van der Waals surface area contributed by atoms with Crippen molar-refractivity contribution < 1.29 is 17.9 Å². The van der Waals surface area contributed by atoms with E-state index in [2.05, 4.69) is 0 Å². The van der Waals surface area contributed by atoms with Gasteiger partial charge in [-0.05, 0) is 25.0 Å². The standard InChI is InChI=1S/C14H20N2O4S/c15-13-3-1-2-4-14(13)19-7-8-21(17,18)16-9-11-5-6-12(10-16)20-11/h1-4,11-12H,5-10,15H2. The highest BCUT2D eigenvalue weighted by molar-refractivity contribution is 7.89. The first-order chi connectivity index (χ1) is 10.0. The number of fused-ring (bicyclic) bond motifs is 2. The normalized spacial score (nSPS) is 25.9. The summed E-state index contributed by atoms with van der Waals surface area (Å²) in [6, 6.07) is 7.07. The number of nitrogens with zero attached hydrogens (tertiary/aromatic N) is 1. The third-order valence-electron chi connectivity index (χ3n) is 3.92. The summed E-state index contributed by atoms with van der Waals surface area (Å²) in [6.07, 6.45) is 2.02. The van der Waals surface area contributed by atoms with E-state index >= 15 is 0 Å². The maximum Gasteiger partial charge on any atom is 0.217 e. The number of benzene rings is 1. The van der Waals surface area contributed by atoms with Crippen LogP contribution in [0.2, 0.25) is 0 Å². The third kappa shape index (κ3) is 3.30. The van der Waals surface area contributed by atoms with Gasteiger partial charge < -0.3 is 15.2 Å². The molecule has 2 N–H and O–H groups in total. The number of nitrogens with two attached hydrogens (primary N) is 1. The van der Waals surface area contributed by atoms with Gasteiger partial charge in [-0.15, -0.1) is 0 Å². The number of sulfonamides is 1. The third-order valence-corrected chi connectivity index (χ3v) is 5.69. The average molecular weight is 312 g/mol. The molecule has 0 aromatic heterocycles. The van der Waals surface area contributed by atoms with Gasteiger partial charge in [-0.3, -0.25) is 0 Å². The van der Waals surface area contributed by atoms with E-state index in [-0.39, 0.29) is 24.6 Å². The summed E-state index contributed by atoms with van der Waals surface area (Å²) in [4.78, 5) is 0. The van der Waals surface area contributed by atoms with Crippen LogP contribution in [0, 0.1) is 0 Å². The zero-order chi connectivity index (χ0) is 14.9. The van der Waals surface area contributed by atoms with Crippen LogP contribution in [-0.2, 0) is 14.8 Å². The van der Waals surface area contributed by atoms with E-state index in [1.807, 2.05) is 6.07 Å². The summed E-state index contributed by atoms with van der Waals surface area (Å²) >= 11 is 0. The van der Waals surface area contributed by atoms with Crippen molar-refractivity contribution in [1.29, 1.82) is 0 Å². The highest BCUT2D eigenvalue weighted by Gasteiger charge is 2.38. The first-order valence-corrected chi connectivity index (χ1v) is 8.76. The summed E-state index contributed by atoms with van der Waals surface area (Å²) in [5.41, 5.74) is 6.27. The van der Waals surface area contributed by atoms with Crippen LogP contribution in [0.5, 0.6) is 5.75 Å². The fourth-order valence-electron chi connectivity index (χ4n) is 2.80. The molecule has 2 fully saturated rings. The molecule has 1 aromatic rings. The lowest BCUT2D eigenvalue weighted by Gasteiger charge is -2.31. The van der Waals surface area contributed by atoms with Crippen molar-refractivity contribution in [3.8, 4) is 5.75 Å². The molecule has 2 saturated heterocycles. The molecule has 2 unspecified atom stereocenters. The zero-order valence-corrected chi connectivity index (χ0v) is 12.6. The predicted molar refractivity (Wildman–Crippen MR) is 79.6 cm³/mol. The Morgan fingerprint density at radius 3 is 2.57 bits per heavy atom. The second-order valence-corrected chi connectivity index (χ2v) is 7.57. The van der Waals surface area contributed by atoms with Gasteiger partial charge in [0.1, 0.15) is 12.4 Å². The number of hydrogen-bond acceptors (Lipinski definition) is 5. The summed E-state index contributed by atoms with van der Waals surface area (Å²) in [7, 11) is -3.30. The van der Waals surface area contributed by atoms with E-state index in [9.17, 15) is 8.42 Å². The molecule has 0 spiro atoms. The van der Waals surface area contributed by atoms with Crippen LogP contribution in [0.3, 0.4) is 0 Å². The molecule has 2 aliphatic heterocycles. The highest BCUT2D eigenvalue weighted by Crippen LogP contribution is 2.28. The minimum absolute atomic E-state index is 0.0409. The van der Waals surface area contributed by atoms with E-state index < -0.39 is 10.0 Å². The number of para-hydroxylation sites is 2. The van der Waals surface area contributed by atoms with Crippen molar-refractivity contribution in [3.05, 3.63) is 24.3 Å². The number of anilines is 1. The van der Waals surface area contributed by atoms with Crippen LogP contribution in [0.25, 0.3) is 0 Å². The minimum atomic E-state index is -3.30. The molecule has 3 rings (SSSR count). The largest absolute Gasteiger partial charge is 0.490 e. The number of ether oxygens (including phenoxy) is 2. The Hall–Kier alpha value is -1.31. The van der Waals surface area contributed by atoms with Crippen LogP contribution in [0.4, 0.5) is 5.69 Å². The molecule has 1 aromatic carbocycles. The molecule has 0 saturated carbocycles. The molecule has 0 radical (unpaired) electrons. The maximum atomic E-state index is 12.3. The molecule has 0 aliphatic carbocycles. The van der Waals surface area contributed by atoms with Gasteiger partial charge in [0.2, 0.25) is 10.0 Å². The van der Waals surface area contributed by atoms with Gasteiger partial charge in [-0.2, -0.15) is 4.31 Å². The fraction of sp³-hybridized carbons (Fsp3) is 0.571. The average Bonchev–Trinajstić information content (AvgIpc) is 2.79. The van der Waals surface area contributed by atoms with Crippen LogP contribution < -0.4 is 10.5 Å². The van der Waals surface area contributed by atoms with E-state index in [4.69, 9.17) is 15.2 Å². The molecule has 7 heteroatoms. The monoisotopic (exact) mass is 312 g/mol. The minimum Gasteiger partial charge on any atom is -0.490 e. The Morgan fingerprint density at radius 2 is 1.90 bits per heavy atom. The Balaban J connectivity index is 1.56. The molecule has 6 nitrogen and oxygen atoms in total. The molecular formula is C14H20N2O4S. The van der Waals surface area contributed by atoms with Crippen molar-refractivity contribution in [3.63, 3.8) is 0 Å². The molecule has 0 amide bonds.